The molecule has 7 nitrogen and oxygen atoms in total. The lowest BCUT2D eigenvalue weighted by molar-refractivity contribution is -0.127. The monoisotopic (exact) mass is 359 g/mol. The van der Waals surface area contributed by atoms with E-state index in [0.29, 0.717) is 23.8 Å². The van der Waals surface area contributed by atoms with Crippen molar-refractivity contribution in [2.75, 3.05) is 46.8 Å². The Morgan fingerprint density at radius 2 is 1.69 bits per heavy atom. The minimum Gasteiger partial charge on any atom is -0.493 e. The van der Waals surface area contributed by atoms with Crippen LogP contribution >= 0.6 is 0 Å². The Bertz CT molecular complexity index is 697. The molecule has 1 aromatic heterocycles. The maximum Gasteiger partial charge on any atom is 0.241 e. The molecule has 0 fully saturated rings. The Labute approximate surface area is 153 Å². The summed E-state index contributed by atoms with van der Waals surface area (Å²) in [6.07, 6.45) is 4.29. The van der Waals surface area contributed by atoms with E-state index in [9.17, 15) is 4.79 Å². The Morgan fingerprint density at radius 1 is 1.08 bits per heavy atom. The minimum atomic E-state index is -0.00666. The van der Waals surface area contributed by atoms with Gasteiger partial charge in [0.25, 0.3) is 0 Å². The van der Waals surface area contributed by atoms with E-state index in [1.54, 1.807) is 57.8 Å². The van der Waals surface area contributed by atoms with Crippen LogP contribution in [0.2, 0.25) is 0 Å². The summed E-state index contributed by atoms with van der Waals surface area (Å²) in [5.74, 6) is 1.58. The van der Waals surface area contributed by atoms with E-state index in [2.05, 4.69) is 10.3 Å². The van der Waals surface area contributed by atoms with Gasteiger partial charge in [0.15, 0.2) is 11.5 Å². The van der Waals surface area contributed by atoms with Crippen molar-refractivity contribution < 1.29 is 19.0 Å². The van der Waals surface area contributed by atoms with Crippen molar-refractivity contribution in [1.82, 2.24) is 9.88 Å². The molecule has 2 rings (SSSR count). The second-order valence-corrected chi connectivity index (χ2v) is 5.69. The van der Waals surface area contributed by atoms with Gasteiger partial charge in [-0.15, -0.1) is 0 Å². The van der Waals surface area contributed by atoms with Crippen molar-refractivity contribution in [3.05, 3.63) is 42.2 Å². The summed E-state index contributed by atoms with van der Waals surface area (Å²) in [6.45, 7) is 0.811. The predicted molar refractivity (Wildman–Crippen MR) is 100 cm³/mol. The standard InChI is InChI=1S/C19H25N3O4/c1-22(10-7-14-5-8-20-9-6-14)18(23)13-21-15-11-16(24-2)19(26-4)17(12-15)25-3/h5-6,8-9,11-12,21H,7,10,13H2,1-4H3. The maximum absolute atomic E-state index is 12.3. The quantitative estimate of drug-likeness (QED) is 0.740. The lowest BCUT2D eigenvalue weighted by Crippen LogP contribution is -2.33. The Kier molecular flexibility index (Phi) is 7.08. The van der Waals surface area contributed by atoms with Crippen molar-refractivity contribution in [2.45, 2.75) is 6.42 Å². The zero-order valence-corrected chi connectivity index (χ0v) is 15.6. The highest BCUT2D eigenvalue weighted by Gasteiger charge is 2.14. The first kappa shape index (κ1) is 19.4. The van der Waals surface area contributed by atoms with Gasteiger partial charge in [-0.2, -0.15) is 0 Å². The van der Waals surface area contributed by atoms with Crippen LogP contribution in [0.3, 0.4) is 0 Å². The number of aromatic nitrogens is 1. The lowest BCUT2D eigenvalue weighted by Gasteiger charge is -2.19. The molecule has 0 aliphatic carbocycles. The molecule has 0 aliphatic heterocycles. The number of anilines is 1. The topological polar surface area (TPSA) is 72.9 Å². The van der Waals surface area contributed by atoms with Crippen LogP contribution in [-0.4, -0.2) is 57.3 Å². The summed E-state index contributed by atoms with van der Waals surface area (Å²) < 4.78 is 15.9. The van der Waals surface area contributed by atoms with E-state index < -0.39 is 0 Å². The summed E-state index contributed by atoms with van der Waals surface area (Å²) in [4.78, 5) is 18.0. The van der Waals surface area contributed by atoms with Gasteiger partial charge in [0, 0.05) is 43.8 Å². The van der Waals surface area contributed by atoms with Crippen molar-refractivity contribution in [2.24, 2.45) is 0 Å². The Balaban J connectivity index is 1.93. The van der Waals surface area contributed by atoms with Crippen LogP contribution < -0.4 is 19.5 Å². The molecule has 0 saturated carbocycles. The molecule has 0 spiro atoms. The number of hydrogen-bond donors (Lipinski definition) is 1. The number of pyridine rings is 1. The third-order valence-electron chi connectivity index (χ3n) is 4.02. The first-order chi connectivity index (χ1) is 12.6. The van der Waals surface area contributed by atoms with Crippen molar-refractivity contribution >= 4 is 11.6 Å². The van der Waals surface area contributed by atoms with Crippen LogP contribution in [0.5, 0.6) is 17.2 Å². The number of amides is 1. The Hall–Kier alpha value is -2.96. The van der Waals surface area contributed by atoms with Crippen molar-refractivity contribution in [3.8, 4) is 17.2 Å². The maximum atomic E-state index is 12.3. The molecule has 0 radical (unpaired) electrons. The number of hydrogen-bond acceptors (Lipinski definition) is 6. The molecule has 2 aromatic rings. The third kappa shape index (κ3) is 5.02. The predicted octanol–water partition coefficient (Wildman–Crippen LogP) is 2.22. The average molecular weight is 359 g/mol. The largest absolute Gasteiger partial charge is 0.493 e. The molecule has 0 saturated heterocycles. The number of carbonyl (C=O) groups is 1. The number of likely N-dealkylation sites (N-methyl/N-ethyl adjacent to an activating group) is 1. The summed E-state index contributed by atoms with van der Waals surface area (Å²) in [5.41, 5.74) is 1.87. The van der Waals surface area contributed by atoms with E-state index in [0.717, 1.165) is 17.7 Å². The van der Waals surface area contributed by atoms with E-state index >= 15 is 0 Å². The van der Waals surface area contributed by atoms with Crippen LogP contribution in [0.1, 0.15) is 5.56 Å². The molecule has 0 unspecified atom stereocenters. The molecule has 1 heterocycles. The highest BCUT2D eigenvalue weighted by Crippen LogP contribution is 2.39. The molecule has 1 amide bonds. The van der Waals surface area contributed by atoms with Gasteiger partial charge in [0.05, 0.1) is 27.9 Å². The molecular weight excluding hydrogens is 334 g/mol. The number of benzene rings is 1. The highest BCUT2D eigenvalue weighted by atomic mass is 16.5. The number of nitrogens with zero attached hydrogens (tertiary/aromatic N) is 2. The molecule has 7 heteroatoms. The first-order valence-electron chi connectivity index (χ1n) is 8.25. The lowest BCUT2D eigenvalue weighted by atomic mass is 10.2. The molecule has 1 N–H and O–H groups in total. The molecule has 0 aliphatic rings. The van der Waals surface area contributed by atoms with Gasteiger partial charge < -0.3 is 24.4 Å². The number of methoxy groups -OCH3 is 3. The molecule has 1 aromatic carbocycles. The second-order valence-electron chi connectivity index (χ2n) is 5.69. The summed E-state index contributed by atoms with van der Waals surface area (Å²) in [5, 5.41) is 3.11. The Morgan fingerprint density at radius 3 is 2.23 bits per heavy atom. The zero-order chi connectivity index (χ0) is 18.9. The molecule has 0 atom stereocenters. The van der Waals surface area contributed by atoms with Crippen LogP contribution in [0, 0.1) is 0 Å². The van der Waals surface area contributed by atoms with Crippen molar-refractivity contribution in [3.63, 3.8) is 0 Å². The number of carbonyl (C=O) groups excluding carboxylic acids is 1. The summed E-state index contributed by atoms with van der Waals surface area (Å²) in [7, 11) is 6.45. The van der Waals surface area contributed by atoms with Gasteiger partial charge >= 0.3 is 0 Å². The smallest absolute Gasteiger partial charge is 0.241 e. The highest BCUT2D eigenvalue weighted by molar-refractivity contribution is 5.81. The van der Waals surface area contributed by atoms with Gasteiger partial charge in [0.1, 0.15) is 0 Å². The summed E-state index contributed by atoms with van der Waals surface area (Å²) in [6, 6.07) is 7.44. The molecule has 26 heavy (non-hydrogen) atoms. The molecule has 0 bridgehead atoms. The number of nitrogens with one attached hydrogen (secondary N) is 1. The van der Waals surface area contributed by atoms with Gasteiger partial charge in [-0.1, -0.05) is 0 Å². The fraction of sp³-hybridized carbons (Fsp3) is 0.368. The van der Waals surface area contributed by atoms with Crippen LogP contribution in [0.25, 0.3) is 0 Å². The van der Waals surface area contributed by atoms with E-state index in [-0.39, 0.29) is 12.5 Å². The van der Waals surface area contributed by atoms with Gasteiger partial charge in [-0.05, 0) is 24.1 Å². The minimum absolute atomic E-state index is 0.00666. The molecule has 140 valence electrons. The molecular formula is C19H25N3O4. The van der Waals surface area contributed by atoms with Crippen molar-refractivity contribution in [1.29, 1.82) is 0 Å². The second kappa shape index (κ2) is 9.50. The van der Waals surface area contributed by atoms with Crippen LogP contribution in [-0.2, 0) is 11.2 Å². The third-order valence-corrected chi connectivity index (χ3v) is 4.02. The van der Waals surface area contributed by atoms with Crippen LogP contribution in [0.15, 0.2) is 36.7 Å². The van der Waals surface area contributed by atoms with Gasteiger partial charge in [-0.3, -0.25) is 9.78 Å². The summed E-state index contributed by atoms with van der Waals surface area (Å²) >= 11 is 0. The first-order valence-corrected chi connectivity index (χ1v) is 8.25. The zero-order valence-electron chi connectivity index (χ0n) is 15.6. The fourth-order valence-electron chi connectivity index (χ4n) is 2.47. The average Bonchev–Trinajstić information content (AvgIpc) is 2.69. The van der Waals surface area contributed by atoms with Crippen LogP contribution in [0.4, 0.5) is 5.69 Å². The van der Waals surface area contributed by atoms with E-state index in [4.69, 9.17) is 14.2 Å². The van der Waals surface area contributed by atoms with E-state index in [1.165, 1.54) is 0 Å². The fourth-order valence-corrected chi connectivity index (χ4v) is 2.47. The number of ether oxygens (including phenoxy) is 3. The normalized spacial score (nSPS) is 10.2. The van der Waals surface area contributed by atoms with Gasteiger partial charge in [0.2, 0.25) is 11.7 Å². The number of rotatable bonds is 9. The SMILES string of the molecule is COc1cc(NCC(=O)N(C)CCc2ccncc2)cc(OC)c1OC. The van der Waals surface area contributed by atoms with Gasteiger partial charge in [-0.25, -0.2) is 0 Å². The van der Waals surface area contributed by atoms with E-state index in [1.807, 2.05) is 12.1 Å².